The Morgan fingerprint density at radius 1 is 1.24 bits per heavy atom. The smallest absolute Gasteiger partial charge is 0.253 e. The molecule has 0 heterocycles. The van der Waals surface area contributed by atoms with Gasteiger partial charge in [0.05, 0.1) is 16.3 Å². The number of carbonyl (C=O) groups is 1. The summed E-state index contributed by atoms with van der Waals surface area (Å²) in [6.45, 7) is 9.06. The summed E-state index contributed by atoms with van der Waals surface area (Å²) in [5.41, 5.74) is 7.19. The van der Waals surface area contributed by atoms with E-state index in [1.807, 2.05) is 0 Å². The summed E-state index contributed by atoms with van der Waals surface area (Å²) in [4.78, 5) is 12.5. The average molecular weight is 309 g/mol. The van der Waals surface area contributed by atoms with Crippen LogP contribution in [-0.4, -0.2) is 11.9 Å². The Morgan fingerprint density at radius 2 is 1.81 bits per heavy atom. The van der Waals surface area contributed by atoms with E-state index in [1.54, 1.807) is 18.2 Å². The Kier molecular flexibility index (Phi) is 4.25. The average Bonchev–Trinajstić information content (AvgIpc) is 2.28. The van der Waals surface area contributed by atoms with Crippen LogP contribution in [-0.2, 0) is 0 Å². The van der Waals surface area contributed by atoms with Crippen molar-refractivity contribution in [1.82, 2.24) is 5.32 Å². The summed E-state index contributed by atoms with van der Waals surface area (Å²) in [5, 5.41) is 3.56. The van der Waals surface area contributed by atoms with Crippen LogP contribution in [0, 0.1) is 10.8 Å². The number of benzene rings is 1. The van der Waals surface area contributed by atoms with Gasteiger partial charge < -0.3 is 11.1 Å². The molecule has 3 nitrogen and oxygen atoms in total. The summed E-state index contributed by atoms with van der Waals surface area (Å²) in [5.74, 6) is -0.131. The van der Waals surface area contributed by atoms with Crippen molar-refractivity contribution in [3.8, 4) is 0 Å². The maximum absolute atomic E-state index is 12.5. The summed E-state index contributed by atoms with van der Waals surface area (Å²) < 4.78 is 0. The zero-order chi connectivity index (χ0) is 15.8. The molecule has 0 saturated heterocycles. The number of carbonyl (C=O) groups excluding carboxylic acids is 1. The molecule has 0 radical (unpaired) electrons. The van der Waals surface area contributed by atoms with Gasteiger partial charge in [0, 0.05) is 6.04 Å². The molecular formula is C17H25ClN2O. The molecule has 1 amide bonds. The highest BCUT2D eigenvalue weighted by Gasteiger charge is 2.39. The molecule has 3 N–H and O–H groups in total. The van der Waals surface area contributed by atoms with Crippen LogP contribution in [0.15, 0.2) is 18.2 Å². The van der Waals surface area contributed by atoms with Gasteiger partial charge in [-0.2, -0.15) is 0 Å². The van der Waals surface area contributed by atoms with Crippen molar-refractivity contribution in [2.75, 3.05) is 5.73 Å². The highest BCUT2D eigenvalue weighted by Crippen LogP contribution is 2.45. The van der Waals surface area contributed by atoms with Crippen LogP contribution >= 0.6 is 11.6 Å². The quantitative estimate of drug-likeness (QED) is 0.802. The van der Waals surface area contributed by atoms with Gasteiger partial charge in [0.2, 0.25) is 0 Å². The molecule has 1 aromatic rings. The second kappa shape index (κ2) is 5.53. The lowest BCUT2D eigenvalue weighted by molar-refractivity contribution is 0.0714. The largest absolute Gasteiger partial charge is 0.397 e. The van der Waals surface area contributed by atoms with Gasteiger partial charge in [0.15, 0.2) is 0 Å². The molecule has 0 aliphatic heterocycles. The second-order valence-corrected chi connectivity index (χ2v) is 8.19. The van der Waals surface area contributed by atoms with Crippen molar-refractivity contribution in [2.24, 2.45) is 10.8 Å². The van der Waals surface area contributed by atoms with Crippen LogP contribution in [0.1, 0.15) is 57.3 Å². The van der Waals surface area contributed by atoms with Crippen LogP contribution in [0.4, 0.5) is 5.69 Å². The third-order valence-corrected chi connectivity index (χ3v) is 4.52. The second-order valence-electron chi connectivity index (χ2n) is 7.78. The van der Waals surface area contributed by atoms with Crippen LogP contribution < -0.4 is 11.1 Å². The number of amides is 1. The monoisotopic (exact) mass is 308 g/mol. The van der Waals surface area contributed by atoms with Gasteiger partial charge in [0.25, 0.3) is 5.91 Å². The van der Waals surface area contributed by atoms with Gasteiger partial charge in [-0.3, -0.25) is 4.79 Å². The lowest BCUT2D eigenvalue weighted by atomic mass is 9.63. The first-order valence-corrected chi connectivity index (χ1v) is 7.82. The van der Waals surface area contributed by atoms with E-state index >= 15 is 0 Å². The van der Waals surface area contributed by atoms with Crippen molar-refractivity contribution in [2.45, 2.75) is 53.0 Å². The number of hydrogen-bond donors (Lipinski definition) is 2. The standard InChI is InChI=1S/C17H25ClN2O/c1-16(2)8-11(9-17(3,4)10-16)20-15(21)12-6-5-7-13(18)14(12)19/h5-7,11H,8-10,19H2,1-4H3,(H,20,21). The predicted molar refractivity (Wildman–Crippen MR) is 88.5 cm³/mol. The molecule has 0 atom stereocenters. The molecule has 116 valence electrons. The van der Waals surface area contributed by atoms with Crippen molar-refractivity contribution >= 4 is 23.2 Å². The number of halogens is 1. The fraction of sp³-hybridized carbons (Fsp3) is 0.588. The number of nitrogens with two attached hydrogens (primary N) is 1. The maximum Gasteiger partial charge on any atom is 0.253 e. The first-order chi connectivity index (χ1) is 9.60. The van der Waals surface area contributed by atoms with Gasteiger partial charge in [-0.05, 0) is 42.2 Å². The molecule has 21 heavy (non-hydrogen) atoms. The van der Waals surface area contributed by atoms with E-state index in [-0.39, 0.29) is 22.8 Å². The number of para-hydroxylation sites is 1. The third kappa shape index (κ3) is 3.91. The zero-order valence-electron chi connectivity index (χ0n) is 13.3. The fourth-order valence-corrected chi connectivity index (χ4v) is 4.12. The molecule has 1 aliphatic rings. The lowest BCUT2D eigenvalue weighted by Crippen LogP contribution is -2.46. The summed E-state index contributed by atoms with van der Waals surface area (Å²) >= 11 is 5.99. The van der Waals surface area contributed by atoms with Crippen molar-refractivity contribution in [3.63, 3.8) is 0 Å². The van der Waals surface area contributed by atoms with Gasteiger partial charge in [-0.1, -0.05) is 45.4 Å². The van der Waals surface area contributed by atoms with Gasteiger partial charge in [0.1, 0.15) is 0 Å². The van der Waals surface area contributed by atoms with E-state index in [1.165, 1.54) is 6.42 Å². The topological polar surface area (TPSA) is 55.1 Å². The number of hydrogen-bond acceptors (Lipinski definition) is 2. The van der Waals surface area contributed by atoms with Gasteiger partial charge in [-0.25, -0.2) is 0 Å². The van der Waals surface area contributed by atoms with Crippen LogP contribution in [0.3, 0.4) is 0 Å². The molecular weight excluding hydrogens is 284 g/mol. The van der Waals surface area contributed by atoms with E-state index in [4.69, 9.17) is 17.3 Å². The zero-order valence-corrected chi connectivity index (χ0v) is 14.1. The summed E-state index contributed by atoms with van der Waals surface area (Å²) in [6.07, 6.45) is 3.15. The molecule has 0 aromatic heterocycles. The van der Waals surface area contributed by atoms with Crippen molar-refractivity contribution in [3.05, 3.63) is 28.8 Å². The molecule has 1 aliphatic carbocycles. The van der Waals surface area contributed by atoms with Crippen LogP contribution in [0.2, 0.25) is 5.02 Å². The first kappa shape index (κ1) is 16.2. The Morgan fingerprint density at radius 3 is 2.38 bits per heavy atom. The van der Waals surface area contributed by atoms with E-state index in [0.29, 0.717) is 16.3 Å². The molecule has 1 aromatic carbocycles. The summed E-state index contributed by atoms with van der Waals surface area (Å²) in [6, 6.07) is 5.34. The highest BCUT2D eigenvalue weighted by atomic mass is 35.5. The van der Waals surface area contributed by atoms with E-state index in [9.17, 15) is 4.79 Å². The Labute approximate surface area is 132 Å². The molecule has 0 bridgehead atoms. The number of nitrogens with one attached hydrogen (secondary N) is 1. The maximum atomic E-state index is 12.5. The Hall–Kier alpha value is -1.22. The normalized spacial score (nSPS) is 21.0. The first-order valence-electron chi connectivity index (χ1n) is 7.45. The lowest BCUT2D eigenvalue weighted by Gasteiger charge is -2.45. The van der Waals surface area contributed by atoms with Gasteiger partial charge in [-0.15, -0.1) is 0 Å². The Balaban J connectivity index is 2.14. The predicted octanol–water partition coefficient (Wildman–Crippen LogP) is 4.26. The molecule has 1 saturated carbocycles. The van der Waals surface area contributed by atoms with Crippen LogP contribution in [0.5, 0.6) is 0 Å². The highest BCUT2D eigenvalue weighted by molar-refractivity contribution is 6.33. The van der Waals surface area contributed by atoms with E-state index < -0.39 is 0 Å². The molecule has 0 spiro atoms. The molecule has 0 unspecified atom stereocenters. The molecule has 1 fully saturated rings. The third-order valence-electron chi connectivity index (χ3n) is 4.19. The van der Waals surface area contributed by atoms with Crippen molar-refractivity contribution in [1.29, 1.82) is 0 Å². The minimum absolute atomic E-state index is 0.131. The SMILES string of the molecule is CC1(C)CC(NC(=O)c2cccc(Cl)c2N)CC(C)(C)C1. The van der Waals surface area contributed by atoms with Gasteiger partial charge >= 0.3 is 0 Å². The fourth-order valence-electron chi connectivity index (χ4n) is 3.95. The number of rotatable bonds is 2. The minimum atomic E-state index is -0.131. The molecule has 2 rings (SSSR count). The van der Waals surface area contributed by atoms with E-state index in [2.05, 4.69) is 33.0 Å². The van der Waals surface area contributed by atoms with E-state index in [0.717, 1.165) is 12.8 Å². The number of nitrogen functional groups attached to an aromatic ring is 1. The van der Waals surface area contributed by atoms with Crippen LogP contribution in [0.25, 0.3) is 0 Å². The number of anilines is 1. The summed E-state index contributed by atoms with van der Waals surface area (Å²) in [7, 11) is 0. The minimum Gasteiger partial charge on any atom is -0.397 e. The Bertz CT molecular complexity index is 536. The van der Waals surface area contributed by atoms with Crippen molar-refractivity contribution < 1.29 is 4.79 Å². The molecule has 4 heteroatoms.